The summed E-state index contributed by atoms with van der Waals surface area (Å²) in [5.74, 6) is -0.429. The Kier molecular flexibility index (Phi) is 5.96. The second-order valence-corrected chi connectivity index (χ2v) is 7.07. The SMILES string of the molecule is CSc1cc(C(=O)Nc2cccc(C(F)(F)F)c2)cc(N2CCNCC2)c1. The summed E-state index contributed by atoms with van der Waals surface area (Å²) in [6.07, 6.45) is -2.53. The summed E-state index contributed by atoms with van der Waals surface area (Å²) >= 11 is 1.52. The van der Waals surface area contributed by atoms with E-state index in [-0.39, 0.29) is 5.69 Å². The molecule has 4 nitrogen and oxygen atoms in total. The summed E-state index contributed by atoms with van der Waals surface area (Å²) in [5, 5.41) is 5.86. The Morgan fingerprint density at radius 1 is 1.15 bits per heavy atom. The van der Waals surface area contributed by atoms with Gasteiger partial charge >= 0.3 is 6.18 Å². The van der Waals surface area contributed by atoms with E-state index in [2.05, 4.69) is 15.5 Å². The number of anilines is 2. The highest BCUT2D eigenvalue weighted by atomic mass is 32.2. The molecule has 0 aliphatic carbocycles. The Morgan fingerprint density at radius 2 is 1.89 bits per heavy atom. The van der Waals surface area contributed by atoms with E-state index in [0.717, 1.165) is 48.9 Å². The summed E-state index contributed by atoms with van der Waals surface area (Å²) in [6.45, 7) is 3.42. The first-order valence-corrected chi connectivity index (χ1v) is 9.72. The number of nitrogens with one attached hydrogen (secondary N) is 2. The van der Waals surface area contributed by atoms with Crippen LogP contribution in [0.25, 0.3) is 0 Å². The molecule has 0 bridgehead atoms. The topological polar surface area (TPSA) is 44.4 Å². The van der Waals surface area contributed by atoms with Crippen molar-refractivity contribution in [3.63, 3.8) is 0 Å². The third-order valence-corrected chi connectivity index (χ3v) is 5.03. The lowest BCUT2D eigenvalue weighted by Gasteiger charge is -2.30. The molecule has 1 aliphatic heterocycles. The number of hydrogen-bond donors (Lipinski definition) is 2. The van der Waals surface area contributed by atoms with Crippen molar-refractivity contribution in [3.8, 4) is 0 Å². The first-order chi connectivity index (χ1) is 12.9. The minimum Gasteiger partial charge on any atom is -0.369 e. The van der Waals surface area contributed by atoms with Crippen molar-refractivity contribution in [2.75, 3.05) is 42.7 Å². The number of amides is 1. The lowest BCUT2D eigenvalue weighted by atomic mass is 10.1. The zero-order chi connectivity index (χ0) is 19.4. The molecular weight excluding hydrogens is 375 g/mol. The van der Waals surface area contributed by atoms with Gasteiger partial charge in [0.2, 0.25) is 0 Å². The molecule has 1 aliphatic rings. The molecule has 0 saturated carbocycles. The van der Waals surface area contributed by atoms with Gasteiger partial charge in [-0.2, -0.15) is 13.2 Å². The fourth-order valence-electron chi connectivity index (χ4n) is 2.91. The quantitative estimate of drug-likeness (QED) is 0.766. The molecule has 0 aromatic heterocycles. The lowest BCUT2D eigenvalue weighted by Crippen LogP contribution is -2.43. The van der Waals surface area contributed by atoms with E-state index in [0.29, 0.717) is 5.56 Å². The summed E-state index contributed by atoms with van der Waals surface area (Å²) < 4.78 is 38.6. The van der Waals surface area contributed by atoms with Crippen molar-refractivity contribution < 1.29 is 18.0 Å². The van der Waals surface area contributed by atoms with Gasteiger partial charge in [0.05, 0.1) is 5.56 Å². The summed E-state index contributed by atoms with van der Waals surface area (Å²) in [4.78, 5) is 15.8. The zero-order valence-corrected chi connectivity index (χ0v) is 15.6. The van der Waals surface area contributed by atoms with Crippen LogP contribution in [-0.2, 0) is 6.18 Å². The molecule has 1 heterocycles. The minimum absolute atomic E-state index is 0.119. The van der Waals surface area contributed by atoms with Crippen LogP contribution in [0.2, 0.25) is 0 Å². The van der Waals surface area contributed by atoms with E-state index in [4.69, 9.17) is 0 Å². The molecule has 0 spiro atoms. The molecule has 0 atom stereocenters. The fraction of sp³-hybridized carbons (Fsp3) is 0.316. The number of nitrogens with zero attached hydrogens (tertiary/aromatic N) is 1. The van der Waals surface area contributed by atoms with Gasteiger partial charge in [0, 0.05) is 48.0 Å². The van der Waals surface area contributed by atoms with E-state index < -0.39 is 17.6 Å². The van der Waals surface area contributed by atoms with Gasteiger partial charge in [-0.3, -0.25) is 4.79 Å². The number of piperazine rings is 1. The Bertz CT molecular complexity index is 820. The van der Waals surface area contributed by atoms with Gasteiger partial charge in [-0.1, -0.05) is 6.07 Å². The van der Waals surface area contributed by atoms with E-state index >= 15 is 0 Å². The third kappa shape index (κ3) is 4.95. The van der Waals surface area contributed by atoms with Crippen LogP contribution in [0.15, 0.2) is 47.4 Å². The van der Waals surface area contributed by atoms with Crippen LogP contribution in [0.3, 0.4) is 0 Å². The molecule has 1 amide bonds. The van der Waals surface area contributed by atoms with Crippen LogP contribution in [-0.4, -0.2) is 38.3 Å². The van der Waals surface area contributed by atoms with Crippen molar-refractivity contribution in [2.24, 2.45) is 0 Å². The second kappa shape index (κ2) is 8.22. The van der Waals surface area contributed by atoms with Gasteiger partial charge in [0.1, 0.15) is 0 Å². The summed E-state index contributed by atoms with van der Waals surface area (Å²) in [5.41, 5.74) is 0.693. The van der Waals surface area contributed by atoms with Crippen LogP contribution >= 0.6 is 11.8 Å². The van der Waals surface area contributed by atoms with Crippen LogP contribution in [0.5, 0.6) is 0 Å². The van der Waals surface area contributed by atoms with Crippen LogP contribution in [0, 0.1) is 0 Å². The van der Waals surface area contributed by atoms with E-state index in [1.54, 1.807) is 12.1 Å². The summed E-state index contributed by atoms with van der Waals surface area (Å²) in [6, 6.07) is 10.2. The predicted octanol–water partition coefficient (Wildman–Crippen LogP) is 4.09. The molecule has 3 rings (SSSR count). The van der Waals surface area contributed by atoms with Gasteiger partial charge < -0.3 is 15.5 Å². The minimum atomic E-state index is -4.45. The molecule has 0 radical (unpaired) electrons. The van der Waals surface area contributed by atoms with Gasteiger partial charge in [-0.15, -0.1) is 11.8 Å². The van der Waals surface area contributed by atoms with Crippen LogP contribution < -0.4 is 15.5 Å². The first kappa shape index (κ1) is 19.6. The molecule has 144 valence electrons. The average molecular weight is 395 g/mol. The molecule has 1 fully saturated rings. The van der Waals surface area contributed by atoms with Crippen molar-refractivity contribution in [3.05, 3.63) is 53.6 Å². The second-order valence-electron chi connectivity index (χ2n) is 6.19. The molecular formula is C19H20F3N3OS. The van der Waals surface area contributed by atoms with Gasteiger partial charge in [0.15, 0.2) is 0 Å². The smallest absolute Gasteiger partial charge is 0.369 e. The van der Waals surface area contributed by atoms with Crippen molar-refractivity contribution in [1.82, 2.24) is 5.32 Å². The molecule has 0 unspecified atom stereocenters. The normalized spacial score (nSPS) is 14.9. The summed E-state index contributed by atoms with van der Waals surface area (Å²) in [7, 11) is 0. The number of thioether (sulfide) groups is 1. The highest BCUT2D eigenvalue weighted by Crippen LogP contribution is 2.31. The Hall–Kier alpha value is -2.19. The standard InChI is InChI=1S/C19H20F3N3OS/c1-27-17-10-13(9-16(12-17)25-7-5-23-6-8-25)18(26)24-15-4-2-3-14(11-15)19(20,21)22/h2-4,9-12,23H,5-8H2,1H3,(H,24,26). The molecule has 2 N–H and O–H groups in total. The first-order valence-electron chi connectivity index (χ1n) is 8.50. The Balaban J connectivity index is 1.84. The number of alkyl halides is 3. The maximum Gasteiger partial charge on any atom is 0.416 e. The number of carbonyl (C=O) groups excluding carboxylic acids is 1. The number of carbonyl (C=O) groups is 1. The molecule has 8 heteroatoms. The highest BCUT2D eigenvalue weighted by Gasteiger charge is 2.30. The van der Waals surface area contributed by atoms with Gasteiger partial charge in [-0.05, 0) is 42.7 Å². The fourth-order valence-corrected chi connectivity index (χ4v) is 3.40. The lowest BCUT2D eigenvalue weighted by molar-refractivity contribution is -0.137. The Morgan fingerprint density at radius 3 is 2.56 bits per heavy atom. The number of benzene rings is 2. The molecule has 2 aromatic rings. The average Bonchev–Trinajstić information content (AvgIpc) is 2.68. The van der Waals surface area contributed by atoms with Crippen LogP contribution in [0.4, 0.5) is 24.5 Å². The molecule has 2 aromatic carbocycles. The maximum absolute atomic E-state index is 12.9. The van der Waals surface area contributed by atoms with E-state index in [9.17, 15) is 18.0 Å². The van der Waals surface area contributed by atoms with Crippen LogP contribution in [0.1, 0.15) is 15.9 Å². The number of rotatable bonds is 4. The molecule has 27 heavy (non-hydrogen) atoms. The Labute approximate surface area is 160 Å². The van der Waals surface area contributed by atoms with Crippen molar-refractivity contribution in [2.45, 2.75) is 11.1 Å². The van der Waals surface area contributed by atoms with E-state index in [1.165, 1.54) is 23.9 Å². The number of halogens is 3. The van der Waals surface area contributed by atoms with Crippen molar-refractivity contribution in [1.29, 1.82) is 0 Å². The van der Waals surface area contributed by atoms with E-state index in [1.807, 2.05) is 12.3 Å². The monoisotopic (exact) mass is 395 g/mol. The predicted molar refractivity (Wildman–Crippen MR) is 103 cm³/mol. The highest BCUT2D eigenvalue weighted by molar-refractivity contribution is 7.98. The largest absolute Gasteiger partial charge is 0.416 e. The zero-order valence-electron chi connectivity index (χ0n) is 14.8. The third-order valence-electron chi connectivity index (χ3n) is 4.32. The molecule has 1 saturated heterocycles. The maximum atomic E-state index is 12.9. The van der Waals surface area contributed by atoms with Gasteiger partial charge in [-0.25, -0.2) is 0 Å². The van der Waals surface area contributed by atoms with Crippen molar-refractivity contribution >= 4 is 29.0 Å². The van der Waals surface area contributed by atoms with Gasteiger partial charge in [0.25, 0.3) is 5.91 Å². The number of hydrogen-bond acceptors (Lipinski definition) is 4.